The normalized spacial score (nSPS) is 29.6. The Bertz CT molecular complexity index is 590. The summed E-state index contributed by atoms with van der Waals surface area (Å²) in [7, 11) is 0. The van der Waals surface area contributed by atoms with E-state index in [9.17, 15) is 4.79 Å². The molecule has 3 rings (SSSR count). The Balaban J connectivity index is 1.51. The van der Waals surface area contributed by atoms with Crippen molar-refractivity contribution in [3.8, 4) is 5.75 Å². The van der Waals surface area contributed by atoms with Gasteiger partial charge in [0.05, 0.1) is 12.2 Å². The zero-order valence-electron chi connectivity index (χ0n) is 16.1. The molecule has 25 heavy (non-hydrogen) atoms. The van der Waals surface area contributed by atoms with Crippen molar-refractivity contribution in [2.75, 3.05) is 6.61 Å². The third-order valence-corrected chi connectivity index (χ3v) is 6.40. The molecule has 2 aliphatic carbocycles. The molecule has 2 fully saturated rings. The average Bonchev–Trinajstić information content (AvgIpc) is 3.12. The highest BCUT2D eigenvalue weighted by atomic mass is 16.5. The van der Waals surface area contributed by atoms with Gasteiger partial charge in [-0.05, 0) is 66.7 Å². The molecule has 1 aromatic carbocycles. The topological polar surface area (TPSA) is 35.5 Å². The van der Waals surface area contributed by atoms with Crippen LogP contribution in [0.3, 0.4) is 0 Å². The van der Waals surface area contributed by atoms with Gasteiger partial charge in [-0.2, -0.15) is 0 Å². The molecule has 2 aliphatic rings. The van der Waals surface area contributed by atoms with Crippen LogP contribution in [0.4, 0.5) is 0 Å². The van der Waals surface area contributed by atoms with Crippen molar-refractivity contribution in [3.63, 3.8) is 0 Å². The zero-order chi connectivity index (χ0) is 18.0. The minimum Gasteiger partial charge on any atom is -0.494 e. The number of hydrogen-bond donors (Lipinski definition) is 0. The minimum absolute atomic E-state index is 0.0560. The summed E-state index contributed by atoms with van der Waals surface area (Å²) in [6.45, 7) is 9.82. The standard InChI is InChI=1S/C22H32O3/c1-5-6-7-12-24-17-10-8-16(9-11-17)21(23)25-20-14-19-18(13-15(20)2)22(19,3)4/h8-11,15,18-20H,5-7,12-14H2,1-4H3/t15-,18+,19+,20-/m0/s1. The Morgan fingerprint density at radius 3 is 2.48 bits per heavy atom. The summed E-state index contributed by atoms with van der Waals surface area (Å²) in [4.78, 5) is 12.5. The fourth-order valence-corrected chi connectivity index (χ4v) is 4.43. The van der Waals surface area contributed by atoms with Gasteiger partial charge in [0, 0.05) is 0 Å². The van der Waals surface area contributed by atoms with E-state index in [1.165, 1.54) is 19.3 Å². The number of ether oxygens (including phenoxy) is 2. The fraction of sp³-hybridized carbons (Fsp3) is 0.682. The molecule has 3 heteroatoms. The minimum atomic E-state index is -0.203. The van der Waals surface area contributed by atoms with E-state index in [4.69, 9.17) is 9.47 Å². The molecule has 4 atom stereocenters. The molecule has 0 bridgehead atoms. The lowest BCUT2D eigenvalue weighted by Gasteiger charge is -2.28. The average molecular weight is 344 g/mol. The van der Waals surface area contributed by atoms with Crippen molar-refractivity contribution in [2.45, 2.75) is 65.9 Å². The molecule has 1 aromatic rings. The Labute approximate surface area is 152 Å². The van der Waals surface area contributed by atoms with Crippen LogP contribution in [0.1, 0.15) is 70.2 Å². The molecule has 3 nitrogen and oxygen atoms in total. The Kier molecular flexibility index (Phi) is 5.41. The zero-order valence-corrected chi connectivity index (χ0v) is 16.1. The maximum absolute atomic E-state index is 12.5. The van der Waals surface area contributed by atoms with Gasteiger partial charge in [0.1, 0.15) is 11.9 Å². The lowest BCUT2D eigenvalue weighted by atomic mass is 9.88. The molecular weight excluding hydrogens is 312 g/mol. The van der Waals surface area contributed by atoms with Gasteiger partial charge in [0.2, 0.25) is 0 Å². The van der Waals surface area contributed by atoms with E-state index in [0.717, 1.165) is 37.0 Å². The molecule has 0 radical (unpaired) electrons. The second-order valence-electron chi connectivity index (χ2n) is 8.51. The van der Waals surface area contributed by atoms with Crippen LogP contribution >= 0.6 is 0 Å². The van der Waals surface area contributed by atoms with Gasteiger partial charge >= 0.3 is 5.97 Å². The highest BCUT2D eigenvalue weighted by Gasteiger charge is 2.61. The van der Waals surface area contributed by atoms with Gasteiger partial charge < -0.3 is 9.47 Å². The maximum atomic E-state index is 12.5. The SMILES string of the molecule is CCCCCOc1ccc(C(=O)O[C@H]2C[C@@H]3[C@@H](C[C@@H]2C)C3(C)C)cc1. The third kappa shape index (κ3) is 4.02. The number of hydrogen-bond acceptors (Lipinski definition) is 3. The lowest BCUT2D eigenvalue weighted by Crippen LogP contribution is -2.29. The summed E-state index contributed by atoms with van der Waals surface area (Å²) >= 11 is 0. The fourth-order valence-electron chi connectivity index (χ4n) is 4.43. The van der Waals surface area contributed by atoms with Crippen LogP contribution < -0.4 is 4.74 Å². The summed E-state index contributed by atoms with van der Waals surface area (Å²) < 4.78 is 11.6. The maximum Gasteiger partial charge on any atom is 0.338 e. The van der Waals surface area contributed by atoms with Crippen LogP contribution in [-0.2, 0) is 4.74 Å². The molecule has 138 valence electrons. The van der Waals surface area contributed by atoms with E-state index in [1.807, 2.05) is 24.3 Å². The molecule has 0 aromatic heterocycles. The van der Waals surface area contributed by atoms with Crippen LogP contribution in [0.2, 0.25) is 0 Å². The van der Waals surface area contributed by atoms with E-state index in [-0.39, 0.29) is 12.1 Å². The first-order valence-electron chi connectivity index (χ1n) is 9.87. The van der Waals surface area contributed by atoms with Gasteiger partial charge in [-0.15, -0.1) is 0 Å². The van der Waals surface area contributed by atoms with Crippen LogP contribution in [0.25, 0.3) is 0 Å². The van der Waals surface area contributed by atoms with Crippen molar-refractivity contribution in [1.29, 1.82) is 0 Å². The van der Waals surface area contributed by atoms with Crippen molar-refractivity contribution >= 4 is 5.97 Å². The van der Waals surface area contributed by atoms with E-state index in [2.05, 4.69) is 27.7 Å². The Hall–Kier alpha value is -1.51. The molecular formula is C22H32O3. The number of benzene rings is 1. The van der Waals surface area contributed by atoms with Crippen LogP contribution in [0.5, 0.6) is 5.75 Å². The number of carbonyl (C=O) groups excluding carboxylic acids is 1. The van der Waals surface area contributed by atoms with E-state index < -0.39 is 0 Å². The van der Waals surface area contributed by atoms with Gasteiger partial charge in [-0.1, -0.05) is 40.5 Å². The smallest absolute Gasteiger partial charge is 0.338 e. The van der Waals surface area contributed by atoms with Crippen molar-refractivity contribution in [3.05, 3.63) is 29.8 Å². The predicted molar refractivity (Wildman–Crippen MR) is 99.8 cm³/mol. The molecule has 0 amide bonds. The number of rotatable bonds is 7. The van der Waals surface area contributed by atoms with Crippen molar-refractivity contribution in [1.82, 2.24) is 0 Å². The molecule has 0 saturated heterocycles. The molecule has 0 aliphatic heterocycles. The van der Waals surface area contributed by atoms with Crippen molar-refractivity contribution in [2.24, 2.45) is 23.2 Å². The predicted octanol–water partition coefficient (Wildman–Crippen LogP) is 5.48. The monoisotopic (exact) mass is 344 g/mol. The largest absolute Gasteiger partial charge is 0.494 e. The number of fused-ring (bicyclic) bond motifs is 1. The molecule has 0 heterocycles. The summed E-state index contributed by atoms with van der Waals surface area (Å²) in [5.74, 6) is 2.61. The first kappa shape index (κ1) is 18.3. The highest BCUT2D eigenvalue weighted by molar-refractivity contribution is 5.89. The summed E-state index contributed by atoms with van der Waals surface area (Å²) in [5, 5.41) is 0. The van der Waals surface area contributed by atoms with Crippen LogP contribution in [-0.4, -0.2) is 18.7 Å². The third-order valence-electron chi connectivity index (χ3n) is 6.40. The second kappa shape index (κ2) is 7.39. The Morgan fingerprint density at radius 2 is 1.80 bits per heavy atom. The van der Waals surface area contributed by atoms with Crippen molar-refractivity contribution < 1.29 is 14.3 Å². The lowest BCUT2D eigenvalue weighted by molar-refractivity contribution is 0.00306. The van der Waals surface area contributed by atoms with Gasteiger partial charge in [0.25, 0.3) is 0 Å². The number of esters is 1. The molecule has 2 saturated carbocycles. The number of unbranched alkanes of at least 4 members (excludes halogenated alkanes) is 2. The summed E-state index contributed by atoms with van der Waals surface area (Å²) in [6.07, 6.45) is 5.69. The molecule has 0 spiro atoms. The molecule has 0 unspecified atom stereocenters. The van der Waals surface area contributed by atoms with Gasteiger partial charge in [0.15, 0.2) is 0 Å². The summed E-state index contributed by atoms with van der Waals surface area (Å²) in [5.41, 5.74) is 1.05. The van der Waals surface area contributed by atoms with Crippen LogP contribution in [0, 0.1) is 23.2 Å². The quantitative estimate of drug-likeness (QED) is 0.485. The van der Waals surface area contributed by atoms with E-state index >= 15 is 0 Å². The van der Waals surface area contributed by atoms with E-state index in [1.54, 1.807) is 0 Å². The van der Waals surface area contributed by atoms with Crippen LogP contribution in [0.15, 0.2) is 24.3 Å². The second-order valence-corrected chi connectivity index (χ2v) is 8.51. The highest BCUT2D eigenvalue weighted by Crippen LogP contribution is 2.66. The first-order valence-corrected chi connectivity index (χ1v) is 9.87. The van der Waals surface area contributed by atoms with E-state index in [0.29, 0.717) is 16.9 Å². The molecule has 0 N–H and O–H groups in total. The van der Waals surface area contributed by atoms with Gasteiger partial charge in [-0.25, -0.2) is 4.79 Å². The Morgan fingerprint density at radius 1 is 1.12 bits per heavy atom. The van der Waals surface area contributed by atoms with Gasteiger partial charge in [-0.3, -0.25) is 0 Å². The summed E-state index contributed by atoms with van der Waals surface area (Å²) in [6, 6.07) is 7.36. The number of carbonyl (C=O) groups is 1. The first-order chi connectivity index (χ1) is 11.9.